The van der Waals surface area contributed by atoms with Crippen LogP contribution in [0.3, 0.4) is 0 Å². The Morgan fingerprint density at radius 3 is 2.29 bits per heavy atom. The van der Waals surface area contributed by atoms with Crippen LogP contribution in [0.4, 0.5) is 25.0 Å². The second-order valence-electron chi connectivity index (χ2n) is 4.60. The average Bonchev–Trinajstić information content (AvgIpc) is 2.40. The second-order valence-corrected chi connectivity index (χ2v) is 4.60. The number of carbonyl (C=O) groups is 1. The number of urea groups is 1. The summed E-state index contributed by atoms with van der Waals surface area (Å²) in [5, 5.41) is 5.53. The van der Waals surface area contributed by atoms with Crippen molar-refractivity contribution < 1.29 is 13.6 Å². The molecule has 110 valence electrons. The molecule has 4 nitrogen and oxygen atoms in total. The van der Waals surface area contributed by atoms with Crippen LogP contribution in [0.15, 0.2) is 42.5 Å². The maximum Gasteiger partial charge on any atom is 0.316 e. The molecule has 0 fully saturated rings. The molecule has 0 aliphatic heterocycles. The van der Waals surface area contributed by atoms with E-state index in [9.17, 15) is 13.6 Å². The summed E-state index contributed by atoms with van der Waals surface area (Å²) in [4.78, 5) is 10.7. The lowest BCUT2D eigenvalue weighted by Gasteiger charge is -2.16. The number of anilines is 2. The Labute approximate surface area is 121 Å². The minimum absolute atomic E-state index is 0.333. The van der Waals surface area contributed by atoms with Crippen molar-refractivity contribution in [1.82, 2.24) is 0 Å². The number of nitrogens with one attached hydrogen (secondary N) is 2. The van der Waals surface area contributed by atoms with E-state index in [0.29, 0.717) is 11.3 Å². The number of nitrogens with two attached hydrogens (primary N) is 1. The standard InChI is InChI=1S/C15H15F2N3O/c1-9(13-7-2-10(16)8-14(13)17)19-11-3-5-12(6-4-11)20-15(18)21/h2-9,19H,1H3,(H3,18,20,21). The van der Waals surface area contributed by atoms with E-state index in [0.717, 1.165) is 11.8 Å². The molecule has 0 bridgehead atoms. The molecule has 0 aliphatic carbocycles. The SMILES string of the molecule is CC(Nc1ccc(NC(N)=O)cc1)c1ccc(F)cc1F. The molecular weight excluding hydrogens is 276 g/mol. The lowest BCUT2D eigenvalue weighted by molar-refractivity contribution is 0.259. The Morgan fingerprint density at radius 1 is 1.10 bits per heavy atom. The highest BCUT2D eigenvalue weighted by Gasteiger charge is 2.11. The Morgan fingerprint density at radius 2 is 1.71 bits per heavy atom. The van der Waals surface area contributed by atoms with Gasteiger partial charge in [-0.15, -0.1) is 0 Å². The second kappa shape index (κ2) is 6.21. The van der Waals surface area contributed by atoms with E-state index in [-0.39, 0.29) is 6.04 Å². The van der Waals surface area contributed by atoms with Gasteiger partial charge in [0.15, 0.2) is 0 Å². The van der Waals surface area contributed by atoms with E-state index in [1.807, 2.05) is 0 Å². The van der Waals surface area contributed by atoms with Crippen molar-refractivity contribution in [2.24, 2.45) is 5.73 Å². The van der Waals surface area contributed by atoms with Gasteiger partial charge in [-0.1, -0.05) is 6.07 Å². The monoisotopic (exact) mass is 291 g/mol. The van der Waals surface area contributed by atoms with E-state index >= 15 is 0 Å². The van der Waals surface area contributed by atoms with E-state index in [2.05, 4.69) is 10.6 Å². The zero-order chi connectivity index (χ0) is 15.4. The number of hydrogen-bond donors (Lipinski definition) is 3. The van der Waals surface area contributed by atoms with Gasteiger partial charge in [0.1, 0.15) is 11.6 Å². The summed E-state index contributed by atoms with van der Waals surface area (Å²) in [6.07, 6.45) is 0. The minimum Gasteiger partial charge on any atom is -0.378 e. The molecule has 2 rings (SSSR count). The first-order valence-corrected chi connectivity index (χ1v) is 6.33. The summed E-state index contributed by atoms with van der Waals surface area (Å²) in [5.41, 5.74) is 6.68. The summed E-state index contributed by atoms with van der Waals surface area (Å²) in [7, 11) is 0. The molecule has 2 amide bonds. The van der Waals surface area contributed by atoms with Crippen LogP contribution >= 0.6 is 0 Å². The predicted molar refractivity (Wildman–Crippen MR) is 78.0 cm³/mol. The predicted octanol–water partition coefficient (Wildman–Crippen LogP) is 3.63. The molecule has 1 atom stereocenters. The molecule has 0 radical (unpaired) electrons. The van der Waals surface area contributed by atoms with Gasteiger partial charge in [-0.05, 0) is 37.3 Å². The molecule has 4 N–H and O–H groups in total. The quantitative estimate of drug-likeness (QED) is 0.805. The summed E-state index contributed by atoms with van der Waals surface area (Å²) in [5.74, 6) is -1.20. The Bertz CT molecular complexity index is 644. The number of hydrogen-bond acceptors (Lipinski definition) is 2. The van der Waals surface area contributed by atoms with Crippen LogP contribution in [0.25, 0.3) is 0 Å². The van der Waals surface area contributed by atoms with E-state index in [1.165, 1.54) is 12.1 Å². The van der Waals surface area contributed by atoms with Gasteiger partial charge in [0.05, 0.1) is 6.04 Å². The fraction of sp³-hybridized carbons (Fsp3) is 0.133. The normalized spacial score (nSPS) is 11.8. The van der Waals surface area contributed by atoms with Gasteiger partial charge < -0.3 is 16.4 Å². The largest absolute Gasteiger partial charge is 0.378 e. The summed E-state index contributed by atoms with van der Waals surface area (Å²) < 4.78 is 26.6. The number of rotatable bonds is 4. The van der Waals surface area contributed by atoms with Gasteiger partial charge in [0.25, 0.3) is 0 Å². The fourth-order valence-corrected chi connectivity index (χ4v) is 1.97. The van der Waals surface area contributed by atoms with Crippen molar-refractivity contribution in [2.45, 2.75) is 13.0 Å². The van der Waals surface area contributed by atoms with Crippen LogP contribution in [-0.2, 0) is 0 Å². The minimum atomic E-state index is -0.641. The van der Waals surface area contributed by atoms with Crippen LogP contribution in [-0.4, -0.2) is 6.03 Å². The van der Waals surface area contributed by atoms with Gasteiger partial charge >= 0.3 is 6.03 Å². The highest BCUT2D eigenvalue weighted by molar-refractivity contribution is 5.87. The molecular formula is C15H15F2N3O. The highest BCUT2D eigenvalue weighted by atomic mass is 19.1. The van der Waals surface area contributed by atoms with E-state index in [4.69, 9.17) is 5.73 Å². The summed E-state index contributed by atoms with van der Waals surface area (Å²) in [6.45, 7) is 1.77. The van der Waals surface area contributed by atoms with Crippen LogP contribution < -0.4 is 16.4 Å². The zero-order valence-electron chi connectivity index (χ0n) is 11.4. The first-order valence-electron chi connectivity index (χ1n) is 6.33. The highest BCUT2D eigenvalue weighted by Crippen LogP contribution is 2.23. The van der Waals surface area contributed by atoms with Gasteiger partial charge in [-0.3, -0.25) is 0 Å². The Balaban J connectivity index is 2.08. The van der Waals surface area contributed by atoms with Crippen molar-refractivity contribution in [3.63, 3.8) is 0 Å². The smallest absolute Gasteiger partial charge is 0.316 e. The fourth-order valence-electron chi connectivity index (χ4n) is 1.97. The van der Waals surface area contributed by atoms with Gasteiger partial charge in [0.2, 0.25) is 0 Å². The molecule has 0 saturated carbocycles. The number of carbonyl (C=O) groups excluding carboxylic acids is 1. The van der Waals surface area contributed by atoms with Crippen molar-refractivity contribution in [1.29, 1.82) is 0 Å². The molecule has 0 saturated heterocycles. The average molecular weight is 291 g/mol. The molecule has 1 unspecified atom stereocenters. The van der Waals surface area contributed by atoms with Crippen LogP contribution in [0, 0.1) is 11.6 Å². The number of halogens is 2. The third-order valence-electron chi connectivity index (χ3n) is 2.96. The molecule has 2 aromatic carbocycles. The zero-order valence-corrected chi connectivity index (χ0v) is 11.4. The topological polar surface area (TPSA) is 67.2 Å². The number of primary amides is 1. The van der Waals surface area contributed by atoms with Crippen molar-refractivity contribution >= 4 is 17.4 Å². The van der Waals surface area contributed by atoms with E-state index in [1.54, 1.807) is 31.2 Å². The summed E-state index contributed by atoms with van der Waals surface area (Å²) >= 11 is 0. The lowest BCUT2D eigenvalue weighted by Crippen LogP contribution is -2.19. The van der Waals surface area contributed by atoms with Gasteiger partial charge in [0, 0.05) is 23.0 Å². The van der Waals surface area contributed by atoms with Crippen LogP contribution in [0.1, 0.15) is 18.5 Å². The first-order chi connectivity index (χ1) is 9.95. The molecule has 2 aromatic rings. The number of amides is 2. The van der Waals surface area contributed by atoms with Crippen molar-refractivity contribution in [2.75, 3.05) is 10.6 Å². The first kappa shape index (κ1) is 14.8. The maximum absolute atomic E-state index is 13.7. The molecule has 0 spiro atoms. The molecule has 21 heavy (non-hydrogen) atoms. The lowest BCUT2D eigenvalue weighted by atomic mass is 10.1. The van der Waals surface area contributed by atoms with E-state index < -0.39 is 17.7 Å². The molecule has 0 aromatic heterocycles. The third-order valence-corrected chi connectivity index (χ3v) is 2.96. The third kappa shape index (κ3) is 3.92. The molecule has 0 heterocycles. The molecule has 0 aliphatic rings. The van der Waals surface area contributed by atoms with Crippen molar-refractivity contribution in [3.05, 3.63) is 59.7 Å². The Hall–Kier alpha value is -2.63. The van der Waals surface area contributed by atoms with Crippen LogP contribution in [0.5, 0.6) is 0 Å². The van der Waals surface area contributed by atoms with Crippen molar-refractivity contribution in [3.8, 4) is 0 Å². The Kier molecular flexibility index (Phi) is 4.37. The summed E-state index contributed by atoms with van der Waals surface area (Å²) in [6, 6.07) is 9.29. The van der Waals surface area contributed by atoms with Crippen LogP contribution in [0.2, 0.25) is 0 Å². The van der Waals surface area contributed by atoms with Gasteiger partial charge in [-0.2, -0.15) is 0 Å². The maximum atomic E-state index is 13.7. The number of benzene rings is 2. The van der Waals surface area contributed by atoms with Gasteiger partial charge in [-0.25, -0.2) is 13.6 Å². The molecule has 6 heteroatoms.